The summed E-state index contributed by atoms with van der Waals surface area (Å²) < 4.78 is 0. The molecule has 1 heteroatoms. The first kappa shape index (κ1) is 14.0. The van der Waals surface area contributed by atoms with E-state index in [0.29, 0.717) is 5.78 Å². The van der Waals surface area contributed by atoms with Crippen LogP contribution in [0, 0.1) is 11.8 Å². The molecule has 0 aliphatic rings. The minimum absolute atomic E-state index is 0.131. The van der Waals surface area contributed by atoms with Crippen molar-refractivity contribution in [3.05, 3.63) is 41.8 Å². The maximum Gasteiger partial charge on any atom is 0.136 e. The summed E-state index contributed by atoms with van der Waals surface area (Å²) >= 11 is 0. The summed E-state index contributed by atoms with van der Waals surface area (Å²) in [6.07, 6.45) is 3.91. The van der Waals surface area contributed by atoms with Gasteiger partial charge in [-0.2, -0.15) is 0 Å². The van der Waals surface area contributed by atoms with E-state index in [2.05, 4.69) is 24.3 Å². The van der Waals surface area contributed by atoms with E-state index >= 15 is 0 Å². The molecule has 0 N–H and O–H groups in total. The van der Waals surface area contributed by atoms with Crippen LogP contribution >= 0.6 is 0 Å². The van der Waals surface area contributed by atoms with E-state index in [0.717, 1.165) is 25.7 Å². The Balaban J connectivity index is 2.18. The molecule has 1 rings (SSSR count). The van der Waals surface area contributed by atoms with E-state index < -0.39 is 0 Å². The highest BCUT2D eigenvalue weighted by Crippen LogP contribution is 2.16. The van der Waals surface area contributed by atoms with Crippen LogP contribution in [-0.4, -0.2) is 5.78 Å². The third kappa shape index (κ3) is 5.16. The largest absolute Gasteiger partial charge is 0.299 e. The molecule has 17 heavy (non-hydrogen) atoms. The third-order valence-electron chi connectivity index (χ3n) is 3.33. The highest BCUT2D eigenvalue weighted by atomic mass is 16.1. The predicted molar refractivity (Wildman–Crippen MR) is 72.8 cm³/mol. The summed E-state index contributed by atoms with van der Waals surface area (Å²) in [6.45, 7) is 6.08. The minimum atomic E-state index is 0.131. The molecule has 93 valence electrons. The molecule has 0 aliphatic heterocycles. The van der Waals surface area contributed by atoms with E-state index in [1.165, 1.54) is 11.5 Å². The highest BCUT2D eigenvalue weighted by molar-refractivity contribution is 5.82. The molecule has 1 nitrogen and oxygen atoms in total. The summed E-state index contributed by atoms with van der Waals surface area (Å²) in [5.74, 6) is 1.74. The number of unbranched alkanes of at least 4 members (excludes halogenated alkanes) is 1. The number of ketones is 1. The van der Waals surface area contributed by atoms with Gasteiger partial charge in [-0.25, -0.2) is 0 Å². The van der Waals surface area contributed by atoms with Crippen LogP contribution in [0.3, 0.4) is 0 Å². The van der Waals surface area contributed by atoms with Crippen LogP contribution in [0.15, 0.2) is 30.3 Å². The average Bonchev–Trinajstić information content (AvgIpc) is 2.34. The fraction of sp³-hybridized carbons (Fsp3) is 0.500. The molecule has 1 unspecified atom stereocenters. The number of rotatable bonds is 7. The van der Waals surface area contributed by atoms with E-state index in [1.54, 1.807) is 0 Å². The fourth-order valence-electron chi connectivity index (χ4n) is 1.81. The van der Waals surface area contributed by atoms with Crippen molar-refractivity contribution in [2.24, 2.45) is 5.92 Å². The van der Waals surface area contributed by atoms with Gasteiger partial charge in [0.1, 0.15) is 5.78 Å². The lowest BCUT2D eigenvalue weighted by Gasteiger charge is -2.13. The molecular formula is C16H23O. The quantitative estimate of drug-likeness (QED) is 0.642. The summed E-state index contributed by atoms with van der Waals surface area (Å²) in [5, 5.41) is 0. The van der Waals surface area contributed by atoms with Crippen molar-refractivity contribution in [3.8, 4) is 0 Å². The molecule has 0 bridgehead atoms. The zero-order valence-electron chi connectivity index (χ0n) is 11.2. The number of hydrogen-bond donors (Lipinski definition) is 0. The van der Waals surface area contributed by atoms with Crippen molar-refractivity contribution in [1.29, 1.82) is 0 Å². The van der Waals surface area contributed by atoms with Crippen LogP contribution in [0.2, 0.25) is 0 Å². The zero-order chi connectivity index (χ0) is 12.7. The van der Waals surface area contributed by atoms with Gasteiger partial charge in [0, 0.05) is 12.3 Å². The van der Waals surface area contributed by atoms with Gasteiger partial charge in [0.05, 0.1) is 0 Å². The number of hydrogen-bond acceptors (Lipinski definition) is 1. The molecule has 0 aliphatic carbocycles. The molecule has 0 saturated carbocycles. The van der Waals surface area contributed by atoms with Crippen LogP contribution in [0.25, 0.3) is 0 Å². The molecule has 0 saturated heterocycles. The van der Waals surface area contributed by atoms with Crippen LogP contribution in [0.1, 0.15) is 45.6 Å². The molecule has 0 spiro atoms. The Morgan fingerprint density at radius 3 is 2.35 bits per heavy atom. The number of benzene rings is 1. The second-order valence-corrected chi connectivity index (χ2v) is 4.96. The molecule has 0 fully saturated rings. The van der Waals surface area contributed by atoms with Crippen molar-refractivity contribution in [2.75, 3.05) is 0 Å². The van der Waals surface area contributed by atoms with Gasteiger partial charge in [-0.1, -0.05) is 51.1 Å². The van der Waals surface area contributed by atoms with Crippen molar-refractivity contribution in [1.82, 2.24) is 0 Å². The van der Waals surface area contributed by atoms with E-state index in [4.69, 9.17) is 0 Å². The van der Waals surface area contributed by atoms with Gasteiger partial charge < -0.3 is 0 Å². The van der Waals surface area contributed by atoms with Crippen molar-refractivity contribution < 1.29 is 4.79 Å². The molecule has 1 atom stereocenters. The van der Waals surface area contributed by atoms with Gasteiger partial charge >= 0.3 is 0 Å². The lowest BCUT2D eigenvalue weighted by atomic mass is 9.90. The Bertz CT molecular complexity index is 327. The second kappa shape index (κ2) is 7.26. The molecular weight excluding hydrogens is 208 g/mol. The van der Waals surface area contributed by atoms with Gasteiger partial charge in [-0.05, 0) is 30.7 Å². The number of aryl methyl sites for hydroxylation is 1. The maximum atomic E-state index is 11.8. The normalized spacial score (nSPS) is 12.7. The average molecular weight is 231 g/mol. The van der Waals surface area contributed by atoms with Gasteiger partial charge in [0.25, 0.3) is 0 Å². The van der Waals surface area contributed by atoms with E-state index in [-0.39, 0.29) is 5.92 Å². The fourth-order valence-corrected chi connectivity index (χ4v) is 1.81. The van der Waals surface area contributed by atoms with Gasteiger partial charge in [-0.15, -0.1) is 0 Å². The van der Waals surface area contributed by atoms with Gasteiger partial charge in [-0.3, -0.25) is 4.79 Å². The number of carbonyl (C=O) groups excluding carboxylic acids is 1. The lowest BCUT2D eigenvalue weighted by molar-refractivity contribution is -0.121. The molecule has 0 aromatic heterocycles. The summed E-state index contributed by atoms with van der Waals surface area (Å²) in [4.78, 5) is 11.8. The molecule has 1 aromatic rings. The second-order valence-electron chi connectivity index (χ2n) is 4.96. The molecule has 1 aromatic carbocycles. The zero-order valence-corrected chi connectivity index (χ0v) is 11.2. The Labute approximate surface area is 105 Å². The first-order valence-electron chi connectivity index (χ1n) is 6.48. The number of Topliss-reactive ketones (excluding diaryl/α,β-unsaturated/α-hetero) is 1. The Kier molecular flexibility index (Phi) is 5.96. The summed E-state index contributed by atoms with van der Waals surface area (Å²) in [6, 6.07) is 10.5. The summed E-state index contributed by atoms with van der Waals surface area (Å²) in [7, 11) is 0. The minimum Gasteiger partial charge on any atom is -0.299 e. The van der Waals surface area contributed by atoms with Crippen LogP contribution in [0.4, 0.5) is 0 Å². The topological polar surface area (TPSA) is 17.1 Å². The lowest BCUT2D eigenvalue weighted by Crippen LogP contribution is -2.15. The van der Waals surface area contributed by atoms with Crippen molar-refractivity contribution in [3.63, 3.8) is 0 Å². The van der Waals surface area contributed by atoms with E-state index in [1.807, 2.05) is 26.8 Å². The SMILES string of the molecule is C[C](C)C(C)C(=O)CCCCc1ccccc1. The first-order valence-corrected chi connectivity index (χ1v) is 6.48. The maximum absolute atomic E-state index is 11.8. The smallest absolute Gasteiger partial charge is 0.136 e. The van der Waals surface area contributed by atoms with Crippen LogP contribution < -0.4 is 0 Å². The Morgan fingerprint density at radius 2 is 1.76 bits per heavy atom. The van der Waals surface area contributed by atoms with Crippen molar-refractivity contribution in [2.45, 2.75) is 46.5 Å². The van der Waals surface area contributed by atoms with Crippen LogP contribution in [0.5, 0.6) is 0 Å². The van der Waals surface area contributed by atoms with Gasteiger partial charge in [0.15, 0.2) is 0 Å². The summed E-state index contributed by atoms with van der Waals surface area (Å²) in [5.41, 5.74) is 1.37. The Hall–Kier alpha value is -1.11. The standard InChI is InChI=1S/C16H23O/c1-13(2)14(3)16(17)12-8-7-11-15-9-5-4-6-10-15/h4-6,9-10,14H,7-8,11-12H2,1-3H3. The van der Waals surface area contributed by atoms with Crippen LogP contribution in [-0.2, 0) is 11.2 Å². The van der Waals surface area contributed by atoms with E-state index in [9.17, 15) is 4.79 Å². The number of carbonyl (C=O) groups is 1. The Morgan fingerprint density at radius 1 is 1.12 bits per heavy atom. The predicted octanol–water partition coefficient (Wildman–Crippen LogP) is 4.22. The highest BCUT2D eigenvalue weighted by Gasteiger charge is 2.15. The van der Waals surface area contributed by atoms with Crippen molar-refractivity contribution >= 4 is 5.78 Å². The molecule has 1 radical (unpaired) electrons. The third-order valence-corrected chi connectivity index (χ3v) is 3.33. The van der Waals surface area contributed by atoms with Gasteiger partial charge in [0.2, 0.25) is 0 Å². The first-order chi connectivity index (χ1) is 8.11. The monoisotopic (exact) mass is 231 g/mol. The molecule has 0 heterocycles. The molecule has 0 amide bonds.